The summed E-state index contributed by atoms with van der Waals surface area (Å²) in [6.45, 7) is 6.85. The van der Waals surface area contributed by atoms with Gasteiger partial charge >= 0.3 is 6.03 Å². The number of nitrogens with zero attached hydrogens (tertiary/aromatic N) is 3. The van der Waals surface area contributed by atoms with Crippen molar-refractivity contribution in [1.82, 2.24) is 20.3 Å². The van der Waals surface area contributed by atoms with Crippen molar-refractivity contribution in [2.24, 2.45) is 0 Å². The zero-order valence-electron chi connectivity index (χ0n) is 16.8. The van der Waals surface area contributed by atoms with Crippen LogP contribution >= 0.6 is 0 Å². The summed E-state index contributed by atoms with van der Waals surface area (Å²) in [5.41, 5.74) is 3.10. The molecule has 3 aromatic rings. The second-order valence-electron chi connectivity index (χ2n) is 6.63. The highest BCUT2D eigenvalue weighted by molar-refractivity contribution is 5.89. The van der Waals surface area contributed by atoms with E-state index in [1.165, 1.54) is 5.56 Å². The van der Waals surface area contributed by atoms with Crippen LogP contribution in [-0.4, -0.2) is 34.1 Å². The first-order chi connectivity index (χ1) is 14.0. The summed E-state index contributed by atoms with van der Waals surface area (Å²) in [7, 11) is 0. The normalized spacial score (nSPS) is 10.3. The number of carbonyl (C=O) groups is 1. The lowest BCUT2D eigenvalue weighted by Gasteiger charge is -2.11. The van der Waals surface area contributed by atoms with Gasteiger partial charge in [0, 0.05) is 31.0 Å². The summed E-state index contributed by atoms with van der Waals surface area (Å²) in [5, 5.41) is 12.0. The minimum atomic E-state index is -0.244. The Balaban J connectivity index is 1.47. The van der Waals surface area contributed by atoms with Crippen LogP contribution < -0.4 is 21.3 Å². The second kappa shape index (κ2) is 9.50. The van der Waals surface area contributed by atoms with Gasteiger partial charge in [0.15, 0.2) is 0 Å². The average molecular weight is 391 g/mol. The Morgan fingerprint density at radius 1 is 0.897 bits per heavy atom. The van der Waals surface area contributed by atoms with Crippen molar-refractivity contribution in [2.75, 3.05) is 29.0 Å². The summed E-state index contributed by atoms with van der Waals surface area (Å²) in [5.74, 6) is 2.67. The number of anilines is 4. The van der Waals surface area contributed by atoms with Gasteiger partial charge < -0.3 is 21.3 Å². The number of rotatable bonds is 7. The first kappa shape index (κ1) is 20.1. The molecular formula is C21H25N7O. The molecule has 0 aliphatic rings. The molecule has 0 aliphatic heterocycles. The second-order valence-corrected chi connectivity index (χ2v) is 6.63. The Hall–Kier alpha value is -3.68. The highest BCUT2D eigenvalue weighted by Crippen LogP contribution is 2.15. The predicted molar refractivity (Wildman–Crippen MR) is 116 cm³/mol. The lowest BCUT2D eigenvalue weighted by Crippen LogP contribution is -2.32. The summed E-state index contributed by atoms with van der Waals surface area (Å²) >= 11 is 0. The number of benzene rings is 1. The van der Waals surface area contributed by atoms with Gasteiger partial charge in [-0.3, -0.25) is 0 Å². The van der Waals surface area contributed by atoms with Gasteiger partial charge in [-0.05, 0) is 56.2 Å². The van der Waals surface area contributed by atoms with Crippen molar-refractivity contribution in [3.63, 3.8) is 0 Å². The van der Waals surface area contributed by atoms with E-state index in [1.54, 1.807) is 12.3 Å². The van der Waals surface area contributed by atoms with Crippen LogP contribution in [0.5, 0.6) is 0 Å². The van der Waals surface area contributed by atoms with Gasteiger partial charge in [-0.2, -0.15) is 0 Å². The van der Waals surface area contributed by atoms with Crippen LogP contribution in [-0.2, 0) is 0 Å². The Labute approximate surface area is 170 Å². The molecule has 2 heterocycles. The maximum absolute atomic E-state index is 12.0. The van der Waals surface area contributed by atoms with E-state index in [2.05, 4.69) is 36.2 Å². The minimum Gasteiger partial charge on any atom is -0.368 e. The van der Waals surface area contributed by atoms with Crippen LogP contribution in [0.15, 0.2) is 48.7 Å². The van der Waals surface area contributed by atoms with Crippen LogP contribution in [0.1, 0.15) is 17.0 Å². The van der Waals surface area contributed by atoms with Crippen LogP contribution in [0.4, 0.5) is 27.9 Å². The topological polar surface area (TPSA) is 104 Å². The Morgan fingerprint density at radius 2 is 1.72 bits per heavy atom. The molecule has 0 aliphatic carbocycles. The lowest BCUT2D eigenvalue weighted by molar-refractivity contribution is 0.252. The van der Waals surface area contributed by atoms with Crippen LogP contribution in [0.2, 0.25) is 0 Å². The fraction of sp³-hybridized carbons (Fsp3) is 0.238. The highest BCUT2D eigenvalue weighted by Gasteiger charge is 2.05. The van der Waals surface area contributed by atoms with Gasteiger partial charge in [0.2, 0.25) is 0 Å². The average Bonchev–Trinajstić information content (AvgIpc) is 2.68. The number of carbonyl (C=O) groups excluding carboxylic acids is 1. The van der Waals surface area contributed by atoms with Crippen molar-refractivity contribution in [3.8, 4) is 0 Å². The van der Waals surface area contributed by atoms with Crippen molar-refractivity contribution in [1.29, 1.82) is 0 Å². The quantitative estimate of drug-likeness (QED) is 0.457. The first-order valence-electron chi connectivity index (χ1n) is 9.39. The largest absolute Gasteiger partial charge is 0.368 e. The molecular weight excluding hydrogens is 366 g/mol. The van der Waals surface area contributed by atoms with Gasteiger partial charge in [0.1, 0.15) is 23.3 Å². The molecule has 0 unspecified atom stereocenters. The third-order valence-electron chi connectivity index (χ3n) is 4.24. The molecule has 150 valence electrons. The third-order valence-corrected chi connectivity index (χ3v) is 4.24. The van der Waals surface area contributed by atoms with Crippen LogP contribution in [0.25, 0.3) is 0 Å². The van der Waals surface area contributed by atoms with E-state index in [1.807, 2.05) is 57.2 Å². The number of pyridine rings is 1. The van der Waals surface area contributed by atoms with E-state index in [0.29, 0.717) is 36.4 Å². The van der Waals surface area contributed by atoms with Gasteiger partial charge in [-0.25, -0.2) is 19.7 Å². The van der Waals surface area contributed by atoms with Crippen molar-refractivity contribution < 1.29 is 4.79 Å². The molecule has 0 radical (unpaired) electrons. The smallest absolute Gasteiger partial charge is 0.319 e. The third kappa shape index (κ3) is 6.17. The zero-order chi connectivity index (χ0) is 20.6. The molecule has 0 atom stereocenters. The maximum Gasteiger partial charge on any atom is 0.319 e. The molecule has 1 aromatic carbocycles. The number of aryl methyl sites for hydroxylation is 3. The zero-order valence-corrected chi connectivity index (χ0v) is 16.8. The molecule has 8 nitrogen and oxygen atoms in total. The first-order valence-corrected chi connectivity index (χ1v) is 9.39. The number of urea groups is 1. The van der Waals surface area contributed by atoms with E-state index in [-0.39, 0.29) is 6.03 Å². The minimum absolute atomic E-state index is 0.244. The summed E-state index contributed by atoms with van der Waals surface area (Å²) < 4.78 is 0. The molecule has 0 bridgehead atoms. The molecule has 3 rings (SSSR count). The van der Waals surface area contributed by atoms with Gasteiger partial charge in [0.25, 0.3) is 0 Å². The van der Waals surface area contributed by atoms with E-state index >= 15 is 0 Å². The predicted octanol–water partition coefficient (Wildman–Crippen LogP) is 3.77. The number of hydrogen-bond donors (Lipinski definition) is 4. The number of amides is 2. The lowest BCUT2D eigenvalue weighted by atomic mass is 10.1. The molecule has 0 fully saturated rings. The van der Waals surface area contributed by atoms with E-state index in [9.17, 15) is 4.79 Å². The van der Waals surface area contributed by atoms with E-state index in [0.717, 1.165) is 11.3 Å². The Kier molecular flexibility index (Phi) is 6.57. The standard InChI is InChI=1S/C21H25N7O/c1-14-7-8-17(12-15(14)2)27-21(29)24-11-10-23-19-13-20(26-16(3)25-19)28-18-6-4-5-9-22-18/h4-9,12-13H,10-11H2,1-3H3,(H2,24,27,29)(H2,22,23,25,26,28). The molecule has 2 aromatic heterocycles. The van der Waals surface area contributed by atoms with Crippen molar-refractivity contribution >= 4 is 29.2 Å². The summed E-state index contributed by atoms with van der Waals surface area (Å²) in [6, 6.07) is 13.0. The number of hydrogen-bond acceptors (Lipinski definition) is 6. The van der Waals surface area contributed by atoms with E-state index in [4.69, 9.17) is 0 Å². The monoisotopic (exact) mass is 391 g/mol. The molecule has 2 amide bonds. The molecule has 8 heteroatoms. The number of nitrogens with one attached hydrogen (secondary N) is 4. The summed E-state index contributed by atoms with van der Waals surface area (Å²) in [6.07, 6.45) is 1.71. The number of aromatic nitrogens is 3. The molecule has 4 N–H and O–H groups in total. The molecule has 0 saturated carbocycles. The van der Waals surface area contributed by atoms with Crippen LogP contribution in [0, 0.1) is 20.8 Å². The van der Waals surface area contributed by atoms with Crippen molar-refractivity contribution in [2.45, 2.75) is 20.8 Å². The van der Waals surface area contributed by atoms with Crippen LogP contribution in [0.3, 0.4) is 0 Å². The van der Waals surface area contributed by atoms with Crippen molar-refractivity contribution in [3.05, 3.63) is 65.6 Å². The molecule has 0 saturated heterocycles. The highest BCUT2D eigenvalue weighted by atomic mass is 16.2. The Morgan fingerprint density at radius 3 is 2.48 bits per heavy atom. The maximum atomic E-state index is 12.0. The fourth-order valence-electron chi connectivity index (χ4n) is 2.65. The molecule has 29 heavy (non-hydrogen) atoms. The van der Waals surface area contributed by atoms with Gasteiger partial charge in [-0.1, -0.05) is 12.1 Å². The fourth-order valence-corrected chi connectivity index (χ4v) is 2.65. The SMILES string of the molecule is Cc1nc(NCCNC(=O)Nc2ccc(C)c(C)c2)cc(Nc2ccccn2)n1. The summed E-state index contributed by atoms with van der Waals surface area (Å²) in [4.78, 5) is 25.0. The van der Waals surface area contributed by atoms with Gasteiger partial charge in [0.05, 0.1) is 0 Å². The Bertz CT molecular complexity index is 976. The van der Waals surface area contributed by atoms with Gasteiger partial charge in [-0.15, -0.1) is 0 Å². The van der Waals surface area contributed by atoms with E-state index < -0.39 is 0 Å². The molecule has 0 spiro atoms.